The Morgan fingerprint density at radius 3 is 2.50 bits per heavy atom. The average Bonchev–Trinajstić information content (AvgIpc) is 2.29. The van der Waals surface area contributed by atoms with E-state index in [4.69, 9.17) is 4.74 Å². The molecule has 4 nitrogen and oxygen atoms in total. The number of aryl methyl sites for hydroxylation is 1. The third-order valence-electron chi connectivity index (χ3n) is 2.53. The zero-order valence-corrected chi connectivity index (χ0v) is 10.7. The second-order valence-corrected chi connectivity index (χ2v) is 4.11. The highest BCUT2D eigenvalue weighted by Crippen LogP contribution is 2.23. The van der Waals surface area contributed by atoms with Gasteiger partial charge in [0, 0.05) is 25.9 Å². The van der Waals surface area contributed by atoms with Crippen LogP contribution < -0.4 is 5.32 Å². The summed E-state index contributed by atoms with van der Waals surface area (Å²) in [5, 5.41) is 3.05. The molecular weight excluding hydrogens is 202 g/mol. The van der Waals surface area contributed by atoms with Gasteiger partial charge in [0.15, 0.2) is 5.82 Å². The summed E-state index contributed by atoms with van der Waals surface area (Å²) in [5.41, 5.74) is 1.04. The lowest BCUT2D eigenvalue weighted by Crippen LogP contribution is -2.14. The number of anilines is 1. The summed E-state index contributed by atoms with van der Waals surface area (Å²) in [6, 6.07) is 1.97. The Bertz CT molecular complexity index is 317. The Balaban J connectivity index is 3.10. The highest BCUT2D eigenvalue weighted by molar-refractivity contribution is 5.35. The van der Waals surface area contributed by atoms with Crippen molar-refractivity contribution in [1.29, 1.82) is 0 Å². The predicted octanol–water partition coefficient (Wildman–Crippen LogP) is 2.42. The van der Waals surface area contributed by atoms with E-state index >= 15 is 0 Å². The van der Waals surface area contributed by atoms with E-state index in [2.05, 4.69) is 36.1 Å². The first-order valence-electron chi connectivity index (χ1n) is 5.70. The molecule has 4 heteroatoms. The Hall–Kier alpha value is -1.16. The zero-order valence-electron chi connectivity index (χ0n) is 10.7. The molecule has 0 saturated carbocycles. The smallest absolute Gasteiger partial charge is 0.159 e. The molecule has 0 bridgehead atoms. The van der Waals surface area contributed by atoms with Crippen LogP contribution in [0, 0.1) is 5.92 Å². The van der Waals surface area contributed by atoms with Crippen LogP contribution in [0.4, 0.5) is 5.82 Å². The number of nitrogens with zero attached hydrogens (tertiary/aromatic N) is 2. The summed E-state index contributed by atoms with van der Waals surface area (Å²) in [5.74, 6) is 1.98. The fourth-order valence-corrected chi connectivity index (χ4v) is 1.63. The van der Waals surface area contributed by atoms with Crippen LogP contribution in [-0.2, 0) is 11.2 Å². The molecule has 1 N–H and O–H groups in total. The van der Waals surface area contributed by atoms with Gasteiger partial charge in [-0.15, -0.1) is 0 Å². The fourth-order valence-electron chi connectivity index (χ4n) is 1.63. The van der Waals surface area contributed by atoms with Crippen molar-refractivity contribution in [3.05, 3.63) is 17.6 Å². The second-order valence-electron chi connectivity index (χ2n) is 4.11. The van der Waals surface area contributed by atoms with Crippen LogP contribution in [0.15, 0.2) is 6.07 Å². The van der Waals surface area contributed by atoms with Crippen LogP contribution >= 0.6 is 0 Å². The Morgan fingerprint density at radius 1 is 1.38 bits per heavy atom. The standard InChI is InChI=1S/C12H21N3O/c1-6-9-7-10(13-4)15-12(14-9)11(16-5)8(2)3/h7-8,11H,6H2,1-5H3,(H,13,14,15). The monoisotopic (exact) mass is 223 g/mol. The van der Waals surface area contributed by atoms with Crippen LogP contribution in [0.1, 0.15) is 38.4 Å². The van der Waals surface area contributed by atoms with Crippen molar-refractivity contribution in [3.8, 4) is 0 Å². The van der Waals surface area contributed by atoms with Crippen LogP contribution in [0.2, 0.25) is 0 Å². The van der Waals surface area contributed by atoms with Crippen LogP contribution in [-0.4, -0.2) is 24.1 Å². The van der Waals surface area contributed by atoms with E-state index in [0.717, 1.165) is 23.8 Å². The Labute approximate surface area is 97.5 Å². The van der Waals surface area contributed by atoms with Crippen molar-refractivity contribution < 1.29 is 4.74 Å². The number of ether oxygens (including phenoxy) is 1. The maximum Gasteiger partial charge on any atom is 0.159 e. The van der Waals surface area contributed by atoms with Gasteiger partial charge in [-0.2, -0.15) is 0 Å². The SMILES string of the molecule is CCc1cc(NC)nc(C(OC)C(C)C)n1. The van der Waals surface area contributed by atoms with Gasteiger partial charge in [-0.1, -0.05) is 20.8 Å². The average molecular weight is 223 g/mol. The normalized spacial score (nSPS) is 12.9. The van der Waals surface area contributed by atoms with Gasteiger partial charge in [0.2, 0.25) is 0 Å². The molecule has 1 unspecified atom stereocenters. The molecule has 90 valence electrons. The summed E-state index contributed by atoms with van der Waals surface area (Å²) < 4.78 is 5.44. The lowest BCUT2D eigenvalue weighted by atomic mass is 10.1. The van der Waals surface area contributed by atoms with Gasteiger partial charge in [-0.05, 0) is 12.3 Å². The van der Waals surface area contributed by atoms with Crippen molar-refractivity contribution in [2.45, 2.75) is 33.3 Å². The molecule has 0 aromatic carbocycles. The highest BCUT2D eigenvalue weighted by Gasteiger charge is 2.19. The molecule has 1 heterocycles. The third kappa shape index (κ3) is 2.92. The van der Waals surface area contributed by atoms with E-state index in [0.29, 0.717) is 5.92 Å². The molecule has 0 saturated heterocycles. The van der Waals surface area contributed by atoms with Crippen molar-refractivity contribution >= 4 is 5.82 Å². The molecule has 1 aromatic rings. The molecule has 0 amide bonds. The summed E-state index contributed by atoms with van der Waals surface area (Å²) in [7, 11) is 3.56. The van der Waals surface area contributed by atoms with E-state index in [1.165, 1.54) is 0 Å². The van der Waals surface area contributed by atoms with Gasteiger partial charge in [0.05, 0.1) is 0 Å². The molecule has 0 fully saturated rings. The lowest BCUT2D eigenvalue weighted by molar-refractivity contribution is 0.0574. The van der Waals surface area contributed by atoms with Crippen LogP contribution in [0.25, 0.3) is 0 Å². The summed E-state index contributed by atoms with van der Waals surface area (Å²) >= 11 is 0. The van der Waals surface area contributed by atoms with E-state index in [1.54, 1.807) is 7.11 Å². The van der Waals surface area contributed by atoms with Crippen molar-refractivity contribution in [1.82, 2.24) is 9.97 Å². The number of nitrogens with one attached hydrogen (secondary N) is 1. The lowest BCUT2D eigenvalue weighted by Gasteiger charge is -2.18. The van der Waals surface area contributed by atoms with Gasteiger partial charge in [0.1, 0.15) is 11.9 Å². The number of methoxy groups -OCH3 is 1. The van der Waals surface area contributed by atoms with Gasteiger partial charge < -0.3 is 10.1 Å². The van der Waals surface area contributed by atoms with Crippen molar-refractivity contribution in [3.63, 3.8) is 0 Å². The van der Waals surface area contributed by atoms with Gasteiger partial charge in [-0.3, -0.25) is 0 Å². The topological polar surface area (TPSA) is 47.0 Å². The minimum Gasteiger partial charge on any atom is -0.373 e. The van der Waals surface area contributed by atoms with E-state index in [9.17, 15) is 0 Å². The first kappa shape index (κ1) is 12.9. The molecule has 0 spiro atoms. The number of hydrogen-bond acceptors (Lipinski definition) is 4. The summed E-state index contributed by atoms with van der Waals surface area (Å²) in [6.07, 6.45) is 0.859. The fraction of sp³-hybridized carbons (Fsp3) is 0.667. The van der Waals surface area contributed by atoms with Crippen LogP contribution in [0.5, 0.6) is 0 Å². The molecule has 0 aliphatic heterocycles. The Kier molecular flexibility index (Phi) is 4.68. The molecular formula is C12H21N3O. The molecule has 0 aliphatic carbocycles. The molecule has 1 atom stereocenters. The number of rotatable bonds is 5. The van der Waals surface area contributed by atoms with Crippen LogP contribution in [0.3, 0.4) is 0 Å². The largest absolute Gasteiger partial charge is 0.373 e. The quantitative estimate of drug-likeness (QED) is 0.832. The molecule has 1 aromatic heterocycles. The summed E-state index contributed by atoms with van der Waals surface area (Å²) in [4.78, 5) is 8.96. The molecule has 16 heavy (non-hydrogen) atoms. The minimum absolute atomic E-state index is 0.0430. The third-order valence-corrected chi connectivity index (χ3v) is 2.53. The van der Waals surface area contributed by atoms with Crippen molar-refractivity contribution in [2.75, 3.05) is 19.5 Å². The number of aromatic nitrogens is 2. The maximum atomic E-state index is 5.44. The van der Waals surface area contributed by atoms with Gasteiger partial charge in [0.25, 0.3) is 0 Å². The maximum absolute atomic E-state index is 5.44. The van der Waals surface area contributed by atoms with E-state index < -0.39 is 0 Å². The number of hydrogen-bond donors (Lipinski definition) is 1. The predicted molar refractivity (Wildman–Crippen MR) is 65.5 cm³/mol. The first-order chi connectivity index (χ1) is 7.62. The zero-order chi connectivity index (χ0) is 12.1. The molecule has 0 radical (unpaired) electrons. The van der Waals surface area contributed by atoms with Crippen molar-refractivity contribution in [2.24, 2.45) is 5.92 Å². The molecule has 0 aliphatic rings. The second kappa shape index (κ2) is 5.80. The molecule has 1 rings (SSSR count). The first-order valence-corrected chi connectivity index (χ1v) is 5.70. The van der Waals surface area contributed by atoms with E-state index in [-0.39, 0.29) is 6.10 Å². The highest BCUT2D eigenvalue weighted by atomic mass is 16.5. The van der Waals surface area contributed by atoms with E-state index in [1.807, 2.05) is 13.1 Å². The minimum atomic E-state index is -0.0430. The van der Waals surface area contributed by atoms with Gasteiger partial charge >= 0.3 is 0 Å². The summed E-state index contributed by atoms with van der Waals surface area (Å²) in [6.45, 7) is 6.30. The van der Waals surface area contributed by atoms with Gasteiger partial charge in [-0.25, -0.2) is 9.97 Å². The Morgan fingerprint density at radius 2 is 2.06 bits per heavy atom.